The molecule has 0 heterocycles. The highest BCUT2D eigenvalue weighted by Crippen LogP contribution is 2.22. The van der Waals surface area contributed by atoms with Gasteiger partial charge in [-0.1, -0.05) is 66.2 Å². The number of hydrogen-bond acceptors (Lipinski definition) is 2. The van der Waals surface area contributed by atoms with Gasteiger partial charge < -0.3 is 4.74 Å². The Morgan fingerprint density at radius 3 is 2.22 bits per heavy atom. The third-order valence-electron chi connectivity index (χ3n) is 4.53. The van der Waals surface area contributed by atoms with Gasteiger partial charge in [0.05, 0.1) is 5.56 Å². The Labute approximate surface area is 161 Å². The minimum atomic E-state index is -0.0574. The Kier molecular flexibility index (Phi) is 5.87. The second kappa shape index (κ2) is 8.50. The first-order valence-corrected chi connectivity index (χ1v) is 9.10. The Balaban J connectivity index is 1.79. The van der Waals surface area contributed by atoms with Crippen LogP contribution in [0.4, 0.5) is 0 Å². The number of allylic oxidation sites excluding steroid dienone is 1. The summed E-state index contributed by atoms with van der Waals surface area (Å²) in [6, 6.07) is 21.6. The summed E-state index contributed by atoms with van der Waals surface area (Å²) >= 11 is 0. The first-order valence-electron chi connectivity index (χ1n) is 9.10. The number of carbonyl (C=O) groups is 1. The number of benzene rings is 3. The molecule has 0 aliphatic carbocycles. The molecule has 0 atom stereocenters. The molecule has 0 saturated carbocycles. The van der Waals surface area contributed by atoms with E-state index in [-0.39, 0.29) is 5.78 Å². The minimum Gasteiger partial charge on any atom is -0.488 e. The maximum Gasteiger partial charge on any atom is 0.189 e. The van der Waals surface area contributed by atoms with Crippen LogP contribution >= 0.6 is 0 Å². The zero-order chi connectivity index (χ0) is 19.2. The molecule has 3 aromatic carbocycles. The van der Waals surface area contributed by atoms with Gasteiger partial charge in [-0.25, -0.2) is 0 Å². The van der Waals surface area contributed by atoms with Crippen LogP contribution in [-0.2, 0) is 6.61 Å². The van der Waals surface area contributed by atoms with E-state index in [0.29, 0.717) is 17.9 Å². The van der Waals surface area contributed by atoms with Gasteiger partial charge >= 0.3 is 0 Å². The first-order chi connectivity index (χ1) is 13.0. The molecule has 0 spiro atoms. The van der Waals surface area contributed by atoms with Crippen molar-refractivity contribution in [2.24, 2.45) is 0 Å². The van der Waals surface area contributed by atoms with Crippen molar-refractivity contribution < 1.29 is 9.53 Å². The van der Waals surface area contributed by atoms with E-state index in [9.17, 15) is 4.79 Å². The second-order valence-corrected chi connectivity index (χ2v) is 6.78. The van der Waals surface area contributed by atoms with E-state index >= 15 is 0 Å². The fraction of sp³-hybridized carbons (Fsp3) is 0.160. The van der Waals surface area contributed by atoms with E-state index in [2.05, 4.69) is 32.9 Å². The third-order valence-corrected chi connectivity index (χ3v) is 4.53. The van der Waals surface area contributed by atoms with E-state index in [1.807, 2.05) is 60.7 Å². The lowest BCUT2D eigenvalue weighted by atomic mass is 9.98. The lowest BCUT2D eigenvalue weighted by molar-refractivity contribution is 0.104. The molecule has 136 valence electrons. The number of carbonyl (C=O) groups excluding carboxylic acids is 1. The number of rotatable bonds is 6. The molecule has 27 heavy (non-hydrogen) atoms. The molecule has 0 N–H and O–H groups in total. The van der Waals surface area contributed by atoms with Gasteiger partial charge in [-0.05, 0) is 61.2 Å². The van der Waals surface area contributed by atoms with Crippen molar-refractivity contribution in [1.82, 2.24) is 0 Å². The zero-order valence-electron chi connectivity index (χ0n) is 16.0. The van der Waals surface area contributed by atoms with Crippen molar-refractivity contribution in [1.29, 1.82) is 0 Å². The van der Waals surface area contributed by atoms with Crippen LogP contribution in [0, 0.1) is 20.8 Å². The van der Waals surface area contributed by atoms with Crippen LogP contribution in [0.25, 0.3) is 6.08 Å². The number of ketones is 1. The molecule has 0 bridgehead atoms. The Bertz CT molecular complexity index is 946. The summed E-state index contributed by atoms with van der Waals surface area (Å²) in [6.45, 7) is 6.66. The van der Waals surface area contributed by atoms with Crippen LogP contribution in [-0.4, -0.2) is 5.78 Å². The highest BCUT2D eigenvalue weighted by Gasteiger charge is 2.10. The van der Waals surface area contributed by atoms with Crippen molar-refractivity contribution in [3.8, 4) is 5.75 Å². The van der Waals surface area contributed by atoms with Crippen molar-refractivity contribution >= 4 is 11.9 Å². The van der Waals surface area contributed by atoms with Gasteiger partial charge in [-0.15, -0.1) is 0 Å². The molecule has 3 rings (SSSR count). The lowest BCUT2D eigenvalue weighted by Gasteiger charge is -2.10. The van der Waals surface area contributed by atoms with E-state index < -0.39 is 0 Å². The minimum absolute atomic E-state index is 0.0574. The topological polar surface area (TPSA) is 26.3 Å². The average molecular weight is 356 g/mol. The number of hydrogen-bond donors (Lipinski definition) is 0. The van der Waals surface area contributed by atoms with Gasteiger partial charge in [0, 0.05) is 0 Å². The summed E-state index contributed by atoms with van der Waals surface area (Å²) in [5, 5.41) is 0. The molecule has 2 heteroatoms. The molecule has 0 unspecified atom stereocenters. The molecule has 2 nitrogen and oxygen atoms in total. The highest BCUT2D eigenvalue weighted by atomic mass is 16.5. The first kappa shape index (κ1) is 18.7. The number of para-hydroxylation sites is 1. The molecule has 0 aliphatic rings. The largest absolute Gasteiger partial charge is 0.488 e. The molecule has 3 aromatic rings. The van der Waals surface area contributed by atoms with E-state index in [1.165, 1.54) is 16.7 Å². The zero-order valence-corrected chi connectivity index (χ0v) is 16.0. The van der Waals surface area contributed by atoms with Gasteiger partial charge in [0.2, 0.25) is 0 Å². The number of ether oxygens (including phenoxy) is 1. The molecular formula is C25H24O2. The van der Waals surface area contributed by atoms with E-state index in [4.69, 9.17) is 4.74 Å². The number of aryl methyl sites for hydroxylation is 3. The van der Waals surface area contributed by atoms with Gasteiger partial charge in [-0.3, -0.25) is 4.79 Å². The summed E-state index contributed by atoms with van der Waals surface area (Å²) in [4.78, 5) is 12.8. The molecule has 0 fully saturated rings. The maximum absolute atomic E-state index is 12.8. The van der Waals surface area contributed by atoms with Crippen molar-refractivity contribution in [2.75, 3.05) is 0 Å². The summed E-state index contributed by atoms with van der Waals surface area (Å²) in [5.41, 5.74) is 6.31. The van der Waals surface area contributed by atoms with Crippen molar-refractivity contribution in [3.63, 3.8) is 0 Å². The van der Waals surface area contributed by atoms with Crippen molar-refractivity contribution in [2.45, 2.75) is 27.4 Å². The van der Waals surface area contributed by atoms with Crippen LogP contribution in [0.2, 0.25) is 0 Å². The Morgan fingerprint density at radius 1 is 0.889 bits per heavy atom. The molecule has 0 aliphatic heterocycles. The summed E-state index contributed by atoms with van der Waals surface area (Å²) in [6.07, 6.45) is 3.54. The Morgan fingerprint density at radius 2 is 1.52 bits per heavy atom. The molecule has 0 aromatic heterocycles. The standard InChI is InChI=1S/C25H24O2/c1-18-15-19(2)22(20(3)16-18)13-14-24(26)23-11-7-8-12-25(23)27-17-21-9-5-4-6-10-21/h4-16H,17H2,1-3H3/b14-13+. The normalized spacial score (nSPS) is 10.9. The Hall–Kier alpha value is -3.13. The van der Waals surface area contributed by atoms with Crippen molar-refractivity contribution in [3.05, 3.63) is 106 Å². The lowest BCUT2D eigenvalue weighted by Crippen LogP contribution is -2.02. The van der Waals surface area contributed by atoms with E-state index in [0.717, 1.165) is 11.1 Å². The molecule has 0 radical (unpaired) electrons. The average Bonchev–Trinajstić information content (AvgIpc) is 2.66. The molecular weight excluding hydrogens is 332 g/mol. The van der Waals surface area contributed by atoms with Gasteiger partial charge in [0.1, 0.15) is 12.4 Å². The fourth-order valence-electron chi connectivity index (χ4n) is 3.23. The van der Waals surface area contributed by atoms with Crippen LogP contribution in [0.5, 0.6) is 5.75 Å². The van der Waals surface area contributed by atoms with Crippen LogP contribution in [0.15, 0.2) is 72.8 Å². The van der Waals surface area contributed by atoms with Gasteiger partial charge in [-0.2, -0.15) is 0 Å². The van der Waals surface area contributed by atoms with E-state index in [1.54, 1.807) is 6.08 Å². The van der Waals surface area contributed by atoms with Gasteiger partial charge in [0.25, 0.3) is 0 Å². The highest BCUT2D eigenvalue weighted by molar-refractivity contribution is 6.08. The molecule has 0 amide bonds. The summed E-state index contributed by atoms with van der Waals surface area (Å²) in [7, 11) is 0. The van der Waals surface area contributed by atoms with Gasteiger partial charge in [0.15, 0.2) is 5.78 Å². The summed E-state index contributed by atoms with van der Waals surface area (Å²) < 4.78 is 5.90. The SMILES string of the molecule is Cc1cc(C)c(/C=C/C(=O)c2ccccc2OCc2ccccc2)c(C)c1. The van der Waals surface area contributed by atoms with Crippen LogP contribution in [0.1, 0.15) is 38.2 Å². The monoisotopic (exact) mass is 356 g/mol. The predicted octanol–water partition coefficient (Wildman–Crippen LogP) is 6.09. The maximum atomic E-state index is 12.8. The quantitative estimate of drug-likeness (QED) is 0.395. The molecule has 0 saturated heterocycles. The fourth-order valence-corrected chi connectivity index (χ4v) is 3.23. The smallest absolute Gasteiger partial charge is 0.189 e. The second-order valence-electron chi connectivity index (χ2n) is 6.78. The predicted molar refractivity (Wildman–Crippen MR) is 111 cm³/mol. The van der Waals surface area contributed by atoms with Crippen LogP contribution < -0.4 is 4.74 Å². The third kappa shape index (κ3) is 4.73. The van der Waals surface area contributed by atoms with Crippen LogP contribution in [0.3, 0.4) is 0 Å². The summed E-state index contributed by atoms with van der Waals surface area (Å²) in [5.74, 6) is 0.548.